The summed E-state index contributed by atoms with van der Waals surface area (Å²) in [5, 5.41) is 8.37. The molecule has 0 fully saturated rings. The Labute approximate surface area is 125 Å². The number of nitrogens with two attached hydrogens (primary N) is 1. The molecule has 1 aromatic heterocycles. The van der Waals surface area contributed by atoms with E-state index in [1.165, 1.54) is 29.1 Å². The number of rotatable bonds is 5. The van der Waals surface area contributed by atoms with Gasteiger partial charge in [0.15, 0.2) is 0 Å². The third-order valence-electron chi connectivity index (χ3n) is 3.66. The molecule has 0 aliphatic rings. The van der Waals surface area contributed by atoms with Gasteiger partial charge in [-0.15, -0.1) is 0 Å². The van der Waals surface area contributed by atoms with E-state index in [4.69, 9.17) is 5.14 Å². The summed E-state index contributed by atoms with van der Waals surface area (Å²) in [6.07, 6.45) is 0. The predicted octanol–water partition coefficient (Wildman–Crippen LogP) is 2.38. The lowest BCUT2D eigenvalue weighted by Crippen LogP contribution is -2.12. The maximum absolute atomic E-state index is 11.2. The Morgan fingerprint density at radius 2 is 1.81 bits per heavy atom. The summed E-state index contributed by atoms with van der Waals surface area (Å²) in [7, 11) is -3.63. The van der Waals surface area contributed by atoms with Gasteiger partial charge in [0.1, 0.15) is 0 Å². The molecule has 0 aliphatic carbocycles. The van der Waals surface area contributed by atoms with Crippen molar-refractivity contribution in [3.8, 4) is 0 Å². The number of primary sulfonamides is 1. The third kappa shape index (κ3) is 3.46. The Hall–Kier alpha value is -1.79. The molecule has 3 N–H and O–H groups in total. The normalized spacial score (nSPS) is 11.6. The fraction of sp³-hybridized carbons (Fsp3) is 0.333. The van der Waals surface area contributed by atoms with Crippen LogP contribution in [0.1, 0.15) is 23.9 Å². The lowest BCUT2D eigenvalue weighted by atomic mass is 10.2. The Morgan fingerprint density at radius 3 is 2.29 bits per heavy atom. The van der Waals surface area contributed by atoms with E-state index in [1.54, 1.807) is 12.1 Å². The average Bonchev–Trinajstić information content (AvgIpc) is 2.70. The molecule has 0 radical (unpaired) electrons. The topological polar surface area (TPSA) is 77.1 Å². The summed E-state index contributed by atoms with van der Waals surface area (Å²) in [6.45, 7) is 8.00. The summed E-state index contributed by atoms with van der Waals surface area (Å²) in [5.41, 5.74) is 4.61. The van der Waals surface area contributed by atoms with Gasteiger partial charge in [0.05, 0.1) is 4.90 Å². The summed E-state index contributed by atoms with van der Waals surface area (Å²) in [6, 6.07) is 8.63. The van der Waals surface area contributed by atoms with Gasteiger partial charge in [-0.1, -0.05) is 0 Å². The lowest BCUT2D eigenvalue weighted by Gasteiger charge is -2.08. The molecule has 114 valence electrons. The minimum atomic E-state index is -3.63. The molecule has 0 unspecified atom stereocenters. The standard InChI is InChI=1S/C15H21N3O2S/c1-4-18-11(2)9-13(12(18)3)10-17-14-5-7-15(8-6-14)21(16,19)20/h5-9,17H,4,10H2,1-3H3,(H2,16,19,20). The monoisotopic (exact) mass is 307 g/mol. The molecule has 0 saturated heterocycles. The van der Waals surface area contributed by atoms with Gasteiger partial charge in [-0.2, -0.15) is 0 Å². The molecule has 2 aromatic rings. The van der Waals surface area contributed by atoms with Crippen molar-refractivity contribution in [1.29, 1.82) is 0 Å². The van der Waals surface area contributed by atoms with Crippen LogP contribution in [0.25, 0.3) is 0 Å². The second-order valence-corrected chi connectivity index (χ2v) is 6.62. The van der Waals surface area contributed by atoms with E-state index >= 15 is 0 Å². The molecule has 0 atom stereocenters. The second kappa shape index (κ2) is 5.91. The summed E-state index contributed by atoms with van der Waals surface area (Å²) >= 11 is 0. The summed E-state index contributed by atoms with van der Waals surface area (Å²) in [5.74, 6) is 0. The van der Waals surface area contributed by atoms with E-state index < -0.39 is 10.0 Å². The van der Waals surface area contributed by atoms with Crippen molar-refractivity contribution in [2.75, 3.05) is 5.32 Å². The summed E-state index contributed by atoms with van der Waals surface area (Å²) in [4.78, 5) is 0.122. The molecule has 5 nitrogen and oxygen atoms in total. The molecule has 0 spiro atoms. The highest BCUT2D eigenvalue weighted by Gasteiger charge is 2.09. The van der Waals surface area contributed by atoms with Crippen molar-refractivity contribution >= 4 is 15.7 Å². The number of benzene rings is 1. The zero-order chi connectivity index (χ0) is 15.6. The van der Waals surface area contributed by atoms with Crippen LogP contribution in [0.5, 0.6) is 0 Å². The molecule has 0 bridgehead atoms. The number of hydrogen-bond acceptors (Lipinski definition) is 3. The minimum Gasteiger partial charge on any atom is -0.381 e. The number of hydrogen-bond donors (Lipinski definition) is 2. The van der Waals surface area contributed by atoms with Crippen molar-refractivity contribution in [2.45, 2.75) is 38.8 Å². The maximum atomic E-state index is 11.2. The number of nitrogens with zero attached hydrogens (tertiary/aromatic N) is 1. The SMILES string of the molecule is CCn1c(C)cc(CNc2ccc(S(N)(=O)=O)cc2)c1C. The van der Waals surface area contributed by atoms with Crippen LogP contribution in [0.4, 0.5) is 5.69 Å². The van der Waals surface area contributed by atoms with Crippen molar-refractivity contribution in [2.24, 2.45) is 5.14 Å². The highest BCUT2D eigenvalue weighted by Crippen LogP contribution is 2.18. The predicted molar refractivity (Wildman–Crippen MR) is 84.7 cm³/mol. The van der Waals surface area contributed by atoms with Gasteiger partial charge in [0.25, 0.3) is 0 Å². The van der Waals surface area contributed by atoms with Gasteiger partial charge in [-0.3, -0.25) is 0 Å². The third-order valence-corrected chi connectivity index (χ3v) is 4.59. The van der Waals surface area contributed by atoms with E-state index in [0.29, 0.717) is 6.54 Å². The Balaban J connectivity index is 2.10. The van der Waals surface area contributed by atoms with E-state index in [2.05, 4.69) is 36.7 Å². The van der Waals surface area contributed by atoms with Gasteiger partial charge >= 0.3 is 0 Å². The number of aromatic nitrogens is 1. The van der Waals surface area contributed by atoms with Gasteiger partial charge in [0, 0.05) is 30.2 Å². The highest BCUT2D eigenvalue weighted by atomic mass is 32.2. The fourth-order valence-corrected chi connectivity index (χ4v) is 3.01. The van der Waals surface area contributed by atoms with Crippen LogP contribution in [-0.2, 0) is 23.1 Å². The van der Waals surface area contributed by atoms with Gasteiger partial charge in [-0.05, 0) is 56.7 Å². The Kier molecular flexibility index (Phi) is 4.39. The quantitative estimate of drug-likeness (QED) is 0.890. The number of sulfonamides is 1. The first kappa shape index (κ1) is 15.6. The van der Waals surface area contributed by atoms with Crippen molar-refractivity contribution in [3.05, 3.63) is 47.3 Å². The van der Waals surface area contributed by atoms with E-state index in [9.17, 15) is 8.42 Å². The van der Waals surface area contributed by atoms with E-state index in [-0.39, 0.29) is 4.90 Å². The zero-order valence-electron chi connectivity index (χ0n) is 12.6. The largest absolute Gasteiger partial charge is 0.381 e. The Bertz CT molecular complexity index is 731. The lowest BCUT2D eigenvalue weighted by molar-refractivity contribution is 0.598. The van der Waals surface area contributed by atoms with Gasteiger partial charge in [-0.25, -0.2) is 13.6 Å². The van der Waals surface area contributed by atoms with Crippen molar-refractivity contribution in [1.82, 2.24) is 4.57 Å². The first-order valence-electron chi connectivity index (χ1n) is 6.85. The molecule has 0 amide bonds. The number of anilines is 1. The highest BCUT2D eigenvalue weighted by molar-refractivity contribution is 7.89. The fourth-order valence-electron chi connectivity index (χ4n) is 2.50. The van der Waals surface area contributed by atoms with Crippen LogP contribution >= 0.6 is 0 Å². The van der Waals surface area contributed by atoms with Crippen molar-refractivity contribution in [3.63, 3.8) is 0 Å². The first-order valence-corrected chi connectivity index (χ1v) is 8.40. The molecule has 6 heteroatoms. The van der Waals surface area contributed by atoms with Gasteiger partial charge < -0.3 is 9.88 Å². The average molecular weight is 307 g/mol. The molecule has 0 aliphatic heterocycles. The van der Waals surface area contributed by atoms with Crippen LogP contribution in [0.15, 0.2) is 35.2 Å². The summed E-state index contributed by atoms with van der Waals surface area (Å²) < 4.78 is 24.7. The minimum absolute atomic E-state index is 0.122. The Morgan fingerprint density at radius 1 is 1.19 bits per heavy atom. The molecular formula is C15H21N3O2S. The maximum Gasteiger partial charge on any atom is 0.238 e. The molecule has 21 heavy (non-hydrogen) atoms. The van der Waals surface area contributed by atoms with Gasteiger partial charge in [0.2, 0.25) is 10.0 Å². The molecular weight excluding hydrogens is 286 g/mol. The van der Waals surface area contributed by atoms with Crippen LogP contribution in [0.3, 0.4) is 0 Å². The second-order valence-electron chi connectivity index (χ2n) is 5.06. The first-order chi connectivity index (χ1) is 9.82. The molecule has 1 heterocycles. The molecule has 2 rings (SSSR count). The van der Waals surface area contributed by atoms with Crippen LogP contribution in [0, 0.1) is 13.8 Å². The zero-order valence-corrected chi connectivity index (χ0v) is 13.4. The number of aryl methyl sites for hydroxylation is 1. The number of nitrogens with one attached hydrogen (secondary N) is 1. The smallest absolute Gasteiger partial charge is 0.238 e. The molecule has 0 saturated carbocycles. The van der Waals surface area contributed by atoms with Crippen LogP contribution < -0.4 is 10.5 Å². The van der Waals surface area contributed by atoms with Crippen molar-refractivity contribution < 1.29 is 8.42 Å². The van der Waals surface area contributed by atoms with Crippen LogP contribution in [0.2, 0.25) is 0 Å². The molecule has 1 aromatic carbocycles. The van der Waals surface area contributed by atoms with E-state index in [1.807, 2.05) is 0 Å². The van der Waals surface area contributed by atoms with Crippen LogP contribution in [-0.4, -0.2) is 13.0 Å². The van der Waals surface area contributed by atoms with E-state index in [0.717, 1.165) is 12.2 Å².